The average molecular weight is 298 g/mol. The maximum atomic E-state index is 4.33. The number of piperidine rings is 1. The molecule has 1 aliphatic rings. The van der Waals surface area contributed by atoms with Gasteiger partial charge in [0.2, 0.25) is 0 Å². The minimum atomic E-state index is 0.542. The van der Waals surface area contributed by atoms with Crippen LogP contribution in [0.3, 0.4) is 0 Å². The van der Waals surface area contributed by atoms with Crippen molar-refractivity contribution in [3.8, 4) is 0 Å². The van der Waals surface area contributed by atoms with E-state index in [0.29, 0.717) is 6.04 Å². The van der Waals surface area contributed by atoms with Crippen molar-refractivity contribution >= 4 is 5.82 Å². The zero-order valence-corrected chi connectivity index (χ0v) is 13.2. The summed E-state index contributed by atoms with van der Waals surface area (Å²) in [7, 11) is 2.12. The first-order valence-corrected chi connectivity index (χ1v) is 7.71. The normalized spacial score (nSPS) is 16.6. The lowest BCUT2D eigenvalue weighted by Gasteiger charge is -2.37. The molecule has 0 atom stereocenters. The number of likely N-dealkylation sites (tertiary alicyclic amines) is 1. The van der Waals surface area contributed by atoms with Gasteiger partial charge in [-0.3, -0.25) is 4.90 Å². The predicted octanol–water partition coefficient (Wildman–Crippen LogP) is 1.68. The molecule has 3 heterocycles. The maximum absolute atomic E-state index is 4.33. The second-order valence-corrected chi connectivity index (χ2v) is 5.82. The summed E-state index contributed by atoms with van der Waals surface area (Å²) >= 11 is 0. The summed E-state index contributed by atoms with van der Waals surface area (Å²) in [6.45, 7) is 5.03. The second-order valence-electron chi connectivity index (χ2n) is 5.82. The van der Waals surface area contributed by atoms with Gasteiger partial charge in [0.05, 0.1) is 0 Å². The van der Waals surface area contributed by atoms with E-state index in [9.17, 15) is 0 Å². The Morgan fingerprint density at radius 1 is 1.18 bits per heavy atom. The third kappa shape index (κ3) is 3.57. The molecule has 0 saturated carbocycles. The number of hydrogen-bond acceptors (Lipinski definition) is 6. The van der Waals surface area contributed by atoms with E-state index >= 15 is 0 Å². The lowest BCUT2D eigenvalue weighted by atomic mass is 10.0. The molecule has 6 heteroatoms. The van der Waals surface area contributed by atoms with E-state index in [-0.39, 0.29) is 0 Å². The van der Waals surface area contributed by atoms with Gasteiger partial charge in [-0.2, -0.15) is 0 Å². The SMILES string of the molecule is Cc1ncc(CN2CCC(N(C)c3ccncn3)CC2)cn1. The first kappa shape index (κ1) is 14.8. The van der Waals surface area contributed by atoms with E-state index in [2.05, 4.69) is 36.8 Å². The molecule has 2 aromatic rings. The van der Waals surface area contributed by atoms with Crippen molar-refractivity contribution < 1.29 is 0 Å². The van der Waals surface area contributed by atoms with Gasteiger partial charge in [-0.05, 0) is 25.8 Å². The van der Waals surface area contributed by atoms with Crippen LogP contribution in [-0.2, 0) is 6.54 Å². The van der Waals surface area contributed by atoms with E-state index in [4.69, 9.17) is 0 Å². The Bertz CT molecular complexity index is 577. The van der Waals surface area contributed by atoms with E-state index in [1.165, 1.54) is 5.56 Å². The smallest absolute Gasteiger partial charge is 0.131 e. The molecule has 2 aromatic heterocycles. The molecule has 1 aliphatic heterocycles. The molecule has 0 aromatic carbocycles. The molecule has 0 radical (unpaired) electrons. The van der Waals surface area contributed by atoms with Gasteiger partial charge in [0, 0.05) is 56.9 Å². The summed E-state index contributed by atoms with van der Waals surface area (Å²) in [6, 6.07) is 2.51. The highest BCUT2D eigenvalue weighted by Crippen LogP contribution is 2.20. The van der Waals surface area contributed by atoms with Crippen molar-refractivity contribution in [2.75, 3.05) is 25.0 Å². The zero-order chi connectivity index (χ0) is 15.4. The topological polar surface area (TPSA) is 58.0 Å². The molecule has 6 nitrogen and oxygen atoms in total. The Kier molecular flexibility index (Phi) is 4.58. The van der Waals surface area contributed by atoms with Crippen molar-refractivity contribution in [2.45, 2.75) is 32.4 Å². The third-order valence-corrected chi connectivity index (χ3v) is 4.27. The third-order valence-electron chi connectivity index (χ3n) is 4.27. The highest BCUT2D eigenvalue weighted by atomic mass is 15.2. The maximum Gasteiger partial charge on any atom is 0.131 e. The fourth-order valence-corrected chi connectivity index (χ4v) is 2.90. The zero-order valence-electron chi connectivity index (χ0n) is 13.2. The summed E-state index contributed by atoms with van der Waals surface area (Å²) in [5.41, 5.74) is 1.19. The lowest BCUT2D eigenvalue weighted by Crippen LogP contribution is -2.43. The molecule has 116 valence electrons. The largest absolute Gasteiger partial charge is 0.356 e. The predicted molar refractivity (Wildman–Crippen MR) is 85.5 cm³/mol. The highest BCUT2D eigenvalue weighted by Gasteiger charge is 2.23. The molecular weight excluding hydrogens is 276 g/mol. The Labute approximate surface area is 131 Å². The van der Waals surface area contributed by atoms with Crippen molar-refractivity contribution in [3.05, 3.63) is 42.4 Å². The molecule has 3 rings (SSSR count). The van der Waals surface area contributed by atoms with Gasteiger partial charge in [0.25, 0.3) is 0 Å². The van der Waals surface area contributed by atoms with Crippen LogP contribution in [0.4, 0.5) is 5.82 Å². The molecule has 0 amide bonds. The molecular formula is C16H22N6. The summed E-state index contributed by atoms with van der Waals surface area (Å²) in [5.74, 6) is 1.83. The fraction of sp³-hybridized carbons (Fsp3) is 0.500. The quantitative estimate of drug-likeness (QED) is 0.856. The molecule has 1 saturated heterocycles. The number of anilines is 1. The number of hydrogen-bond donors (Lipinski definition) is 0. The van der Waals surface area contributed by atoms with Crippen LogP contribution in [0, 0.1) is 6.92 Å². The van der Waals surface area contributed by atoms with Crippen LogP contribution in [0.5, 0.6) is 0 Å². The lowest BCUT2D eigenvalue weighted by molar-refractivity contribution is 0.203. The minimum Gasteiger partial charge on any atom is -0.356 e. The average Bonchev–Trinajstić information content (AvgIpc) is 2.58. The number of nitrogens with zero attached hydrogens (tertiary/aromatic N) is 6. The van der Waals surface area contributed by atoms with E-state index in [1.54, 1.807) is 12.5 Å². The van der Waals surface area contributed by atoms with Crippen molar-refractivity contribution in [1.29, 1.82) is 0 Å². The number of rotatable bonds is 4. The Morgan fingerprint density at radius 2 is 1.91 bits per heavy atom. The highest BCUT2D eigenvalue weighted by molar-refractivity contribution is 5.36. The van der Waals surface area contributed by atoms with Gasteiger partial charge in [-0.25, -0.2) is 19.9 Å². The van der Waals surface area contributed by atoms with Gasteiger partial charge >= 0.3 is 0 Å². The first-order valence-electron chi connectivity index (χ1n) is 7.71. The molecule has 0 aliphatic carbocycles. The van der Waals surface area contributed by atoms with Gasteiger partial charge in [-0.15, -0.1) is 0 Å². The molecule has 0 N–H and O–H groups in total. The van der Waals surface area contributed by atoms with Gasteiger partial charge in [0.1, 0.15) is 18.0 Å². The van der Waals surface area contributed by atoms with Crippen LogP contribution in [0.25, 0.3) is 0 Å². The van der Waals surface area contributed by atoms with E-state index in [0.717, 1.165) is 44.1 Å². The number of aromatic nitrogens is 4. The summed E-state index contributed by atoms with van der Waals surface area (Å²) < 4.78 is 0. The number of aryl methyl sites for hydroxylation is 1. The van der Waals surface area contributed by atoms with Gasteiger partial charge in [-0.1, -0.05) is 0 Å². The fourth-order valence-electron chi connectivity index (χ4n) is 2.90. The minimum absolute atomic E-state index is 0.542. The molecule has 0 bridgehead atoms. The van der Waals surface area contributed by atoms with E-state index < -0.39 is 0 Å². The van der Waals surface area contributed by atoms with Crippen LogP contribution < -0.4 is 4.90 Å². The molecule has 1 fully saturated rings. The van der Waals surface area contributed by atoms with Crippen molar-refractivity contribution in [3.63, 3.8) is 0 Å². The standard InChI is InChI=1S/C16H22N6/c1-13-18-9-14(10-19-13)11-22-7-4-15(5-8-22)21(2)16-3-6-17-12-20-16/h3,6,9-10,12,15H,4-5,7-8,11H2,1-2H3. The van der Waals surface area contributed by atoms with Crippen molar-refractivity contribution in [2.24, 2.45) is 0 Å². The van der Waals surface area contributed by atoms with Gasteiger partial charge < -0.3 is 4.90 Å². The molecule has 0 spiro atoms. The first-order chi connectivity index (χ1) is 10.7. The van der Waals surface area contributed by atoms with Crippen LogP contribution in [0.2, 0.25) is 0 Å². The van der Waals surface area contributed by atoms with Crippen molar-refractivity contribution in [1.82, 2.24) is 24.8 Å². The Hall–Kier alpha value is -2.08. The molecule has 0 unspecified atom stereocenters. The van der Waals surface area contributed by atoms with E-state index in [1.807, 2.05) is 25.4 Å². The van der Waals surface area contributed by atoms with Crippen LogP contribution in [0.15, 0.2) is 31.0 Å². The summed E-state index contributed by atoms with van der Waals surface area (Å²) in [4.78, 5) is 21.6. The molecule has 22 heavy (non-hydrogen) atoms. The van der Waals surface area contributed by atoms with Crippen LogP contribution >= 0.6 is 0 Å². The Morgan fingerprint density at radius 3 is 2.55 bits per heavy atom. The summed E-state index contributed by atoms with van der Waals surface area (Å²) in [6.07, 6.45) is 9.56. The summed E-state index contributed by atoms with van der Waals surface area (Å²) in [5, 5.41) is 0. The van der Waals surface area contributed by atoms with Gasteiger partial charge in [0.15, 0.2) is 0 Å². The Balaban J connectivity index is 1.53. The second kappa shape index (κ2) is 6.79. The monoisotopic (exact) mass is 298 g/mol. The van der Waals surface area contributed by atoms with Crippen LogP contribution in [0.1, 0.15) is 24.2 Å². The van der Waals surface area contributed by atoms with Crippen LogP contribution in [-0.4, -0.2) is 51.0 Å².